The summed E-state index contributed by atoms with van der Waals surface area (Å²) in [5.74, 6) is -1.52. The second-order valence-electron chi connectivity index (χ2n) is 1.62. The van der Waals surface area contributed by atoms with Gasteiger partial charge in [0, 0.05) is 7.05 Å². The highest BCUT2D eigenvalue weighted by atomic mass is 79.9. The molecule has 0 amide bonds. The van der Waals surface area contributed by atoms with Gasteiger partial charge in [0.25, 0.3) is 0 Å². The summed E-state index contributed by atoms with van der Waals surface area (Å²) in [4.78, 5) is 13.7. The monoisotopic (exact) mass is 204 g/mol. The highest BCUT2D eigenvalue weighted by molar-refractivity contribution is 9.10. The van der Waals surface area contributed by atoms with E-state index in [1.54, 1.807) is 0 Å². The van der Waals surface area contributed by atoms with Gasteiger partial charge >= 0.3 is 0 Å². The molecule has 0 saturated carbocycles. The van der Waals surface area contributed by atoms with Crippen LogP contribution in [0.5, 0.6) is 0 Å². The van der Waals surface area contributed by atoms with Gasteiger partial charge in [-0.3, -0.25) is 0 Å². The Labute approximate surface area is 64.8 Å². The van der Waals surface area contributed by atoms with Crippen molar-refractivity contribution >= 4 is 21.9 Å². The van der Waals surface area contributed by atoms with E-state index in [0.717, 1.165) is 4.68 Å². The third-order valence-corrected chi connectivity index (χ3v) is 1.26. The van der Waals surface area contributed by atoms with E-state index >= 15 is 0 Å². The molecule has 5 nitrogen and oxygen atoms in total. The first-order valence-corrected chi connectivity index (χ1v) is 3.18. The van der Waals surface area contributed by atoms with Crippen molar-refractivity contribution in [2.75, 3.05) is 0 Å². The average molecular weight is 205 g/mol. The number of hydrogen-bond acceptors (Lipinski definition) is 4. The summed E-state index contributed by atoms with van der Waals surface area (Å²) < 4.78 is 1.37. The molecule has 0 aliphatic carbocycles. The lowest BCUT2D eigenvalue weighted by atomic mass is 10.6. The summed E-state index contributed by atoms with van der Waals surface area (Å²) >= 11 is 2.92. The zero-order valence-corrected chi connectivity index (χ0v) is 6.62. The summed E-state index contributed by atoms with van der Waals surface area (Å²) in [5.41, 5.74) is 0. The van der Waals surface area contributed by atoms with Gasteiger partial charge < -0.3 is 9.90 Å². The van der Waals surface area contributed by atoms with Gasteiger partial charge in [-0.2, -0.15) is 4.98 Å². The fourth-order valence-corrected chi connectivity index (χ4v) is 0.937. The Balaban J connectivity index is 3.15. The molecule has 6 heteroatoms. The first kappa shape index (κ1) is 7.20. The van der Waals surface area contributed by atoms with Gasteiger partial charge in [0.1, 0.15) is 5.97 Å². The highest BCUT2D eigenvalue weighted by Crippen LogP contribution is 2.01. The van der Waals surface area contributed by atoms with E-state index < -0.39 is 5.97 Å². The summed E-state index contributed by atoms with van der Waals surface area (Å²) in [6.45, 7) is 0. The third-order valence-electron chi connectivity index (χ3n) is 0.920. The fraction of sp³-hybridized carbons (Fsp3) is 0.250. The number of carboxylic acid groups (broad SMARTS) is 1. The maximum atomic E-state index is 10.2. The minimum Gasteiger partial charge on any atom is -0.542 e. The van der Waals surface area contributed by atoms with Crippen molar-refractivity contribution in [2.24, 2.45) is 7.05 Å². The molecular formula is C4H3BrN3O2-. The number of aromatic carboxylic acids is 1. The van der Waals surface area contributed by atoms with Crippen molar-refractivity contribution < 1.29 is 9.90 Å². The molecule has 10 heavy (non-hydrogen) atoms. The second-order valence-corrected chi connectivity index (χ2v) is 2.32. The van der Waals surface area contributed by atoms with Crippen LogP contribution < -0.4 is 5.11 Å². The van der Waals surface area contributed by atoms with Crippen molar-refractivity contribution in [3.63, 3.8) is 0 Å². The first-order valence-electron chi connectivity index (χ1n) is 2.39. The minimum atomic E-state index is -1.33. The summed E-state index contributed by atoms with van der Waals surface area (Å²) in [6.07, 6.45) is 0. The predicted octanol–water partition coefficient (Wildman–Crippen LogP) is -1.06. The molecule has 0 spiro atoms. The number of rotatable bonds is 1. The van der Waals surface area contributed by atoms with Crippen molar-refractivity contribution in [2.45, 2.75) is 0 Å². The normalized spacial score (nSPS) is 9.80. The Morgan fingerprint density at radius 3 is 2.60 bits per heavy atom. The summed E-state index contributed by atoms with van der Waals surface area (Å²) in [7, 11) is 1.48. The van der Waals surface area contributed by atoms with E-state index in [1.807, 2.05) is 0 Å². The molecule has 0 aromatic carbocycles. The molecule has 0 saturated heterocycles. The van der Waals surface area contributed by atoms with E-state index in [4.69, 9.17) is 0 Å². The van der Waals surface area contributed by atoms with Crippen molar-refractivity contribution in [1.29, 1.82) is 0 Å². The number of hydrogen-bond donors (Lipinski definition) is 0. The quantitative estimate of drug-likeness (QED) is 0.585. The smallest absolute Gasteiger partial charge is 0.217 e. The van der Waals surface area contributed by atoms with Crippen LogP contribution in [0.25, 0.3) is 0 Å². The number of carbonyl (C=O) groups is 1. The summed E-state index contributed by atoms with van der Waals surface area (Å²) in [6, 6.07) is 0. The van der Waals surface area contributed by atoms with Crippen molar-refractivity contribution in [3.8, 4) is 0 Å². The zero-order valence-electron chi connectivity index (χ0n) is 5.04. The Morgan fingerprint density at radius 2 is 2.40 bits per heavy atom. The minimum absolute atomic E-state index is 0.188. The molecule has 54 valence electrons. The molecule has 1 rings (SSSR count). The lowest BCUT2D eigenvalue weighted by Crippen LogP contribution is -2.26. The highest BCUT2D eigenvalue weighted by Gasteiger charge is 2.03. The van der Waals surface area contributed by atoms with E-state index in [-0.39, 0.29) is 10.6 Å². The fourth-order valence-electron chi connectivity index (χ4n) is 0.531. The molecule has 1 aromatic rings. The standard InChI is InChI=1S/C4H4BrN3O2/c1-8-2(3(9)10)6-4(5)7-8/h1H3,(H,9,10)/p-1. The van der Waals surface area contributed by atoms with Gasteiger partial charge in [0.2, 0.25) is 4.73 Å². The van der Waals surface area contributed by atoms with Gasteiger partial charge in [0.05, 0.1) is 0 Å². The van der Waals surface area contributed by atoms with Gasteiger partial charge in [0.15, 0.2) is 5.82 Å². The second kappa shape index (κ2) is 2.37. The molecule has 0 atom stereocenters. The van der Waals surface area contributed by atoms with E-state index in [2.05, 4.69) is 26.0 Å². The van der Waals surface area contributed by atoms with Gasteiger partial charge in [-0.15, -0.1) is 5.10 Å². The van der Waals surface area contributed by atoms with Crippen LogP contribution in [0.1, 0.15) is 10.6 Å². The van der Waals surface area contributed by atoms with Gasteiger partial charge in [-0.1, -0.05) is 0 Å². The Morgan fingerprint density at radius 1 is 1.80 bits per heavy atom. The van der Waals surface area contributed by atoms with Crippen LogP contribution in [-0.4, -0.2) is 20.7 Å². The van der Waals surface area contributed by atoms with Crippen LogP contribution in [0, 0.1) is 0 Å². The number of aryl methyl sites for hydroxylation is 1. The lowest BCUT2D eigenvalue weighted by Gasteiger charge is -1.96. The Kier molecular flexibility index (Phi) is 1.71. The molecule has 1 aromatic heterocycles. The van der Waals surface area contributed by atoms with Gasteiger partial charge in [-0.25, -0.2) is 4.68 Å². The maximum Gasteiger partial charge on any atom is 0.217 e. The molecule has 0 aliphatic heterocycles. The largest absolute Gasteiger partial charge is 0.542 e. The molecule has 0 unspecified atom stereocenters. The van der Waals surface area contributed by atoms with E-state index in [9.17, 15) is 9.90 Å². The molecule has 0 fully saturated rings. The lowest BCUT2D eigenvalue weighted by molar-refractivity contribution is -0.256. The maximum absolute atomic E-state index is 10.2. The van der Waals surface area contributed by atoms with E-state index in [0.29, 0.717) is 0 Å². The molecule has 1 heterocycles. The van der Waals surface area contributed by atoms with Crippen molar-refractivity contribution in [3.05, 3.63) is 10.6 Å². The SMILES string of the molecule is Cn1nc(Br)nc1C(=O)[O-]. The van der Waals surface area contributed by atoms with E-state index in [1.165, 1.54) is 7.05 Å². The number of halogens is 1. The molecule has 0 N–H and O–H groups in total. The third kappa shape index (κ3) is 1.15. The van der Waals surface area contributed by atoms with Crippen molar-refractivity contribution in [1.82, 2.24) is 14.8 Å². The van der Waals surface area contributed by atoms with Crippen LogP contribution >= 0.6 is 15.9 Å². The summed E-state index contributed by atoms with van der Waals surface area (Å²) in [5, 5.41) is 13.8. The topological polar surface area (TPSA) is 70.8 Å². The van der Waals surface area contributed by atoms with Crippen LogP contribution in [0.4, 0.5) is 0 Å². The van der Waals surface area contributed by atoms with Crippen LogP contribution in [-0.2, 0) is 7.05 Å². The number of carbonyl (C=O) groups excluding carboxylic acids is 1. The molecule has 0 bridgehead atoms. The van der Waals surface area contributed by atoms with Crippen LogP contribution in [0.2, 0.25) is 0 Å². The number of carboxylic acids is 1. The Bertz CT molecular complexity index is 269. The van der Waals surface area contributed by atoms with Crippen LogP contribution in [0.3, 0.4) is 0 Å². The Hall–Kier alpha value is -0.910. The average Bonchev–Trinajstić information content (AvgIpc) is 2.10. The molecule has 0 aliphatic rings. The predicted molar refractivity (Wildman–Crippen MR) is 33.0 cm³/mol. The molecular weight excluding hydrogens is 202 g/mol. The van der Waals surface area contributed by atoms with Crippen LogP contribution in [0.15, 0.2) is 4.73 Å². The zero-order chi connectivity index (χ0) is 7.72. The number of nitrogens with zero attached hydrogens (tertiary/aromatic N) is 3. The number of aromatic nitrogens is 3. The van der Waals surface area contributed by atoms with Gasteiger partial charge in [-0.05, 0) is 15.9 Å². The molecule has 0 radical (unpaired) electrons. The first-order chi connectivity index (χ1) is 4.61.